The number of carbonyl (C=O) groups excluding carboxylic acids is 1. The van der Waals surface area contributed by atoms with Gasteiger partial charge < -0.3 is 10.2 Å². The number of alkyl halides is 3. The van der Waals surface area contributed by atoms with Gasteiger partial charge in [-0.1, -0.05) is 18.2 Å². The molecule has 5 nitrogen and oxygen atoms in total. The van der Waals surface area contributed by atoms with Gasteiger partial charge >= 0.3 is 6.18 Å². The summed E-state index contributed by atoms with van der Waals surface area (Å²) in [5.41, 5.74) is 2.92. The minimum atomic E-state index is -4.53. The van der Waals surface area contributed by atoms with Crippen molar-refractivity contribution in [1.82, 2.24) is 4.98 Å². The molecule has 8 heteroatoms. The average Bonchev–Trinajstić information content (AvgIpc) is 3.43. The van der Waals surface area contributed by atoms with E-state index in [0.717, 1.165) is 29.3 Å². The summed E-state index contributed by atoms with van der Waals surface area (Å²) in [4.78, 5) is 22.8. The highest BCUT2D eigenvalue weighted by Gasteiger charge is 2.37. The van der Waals surface area contributed by atoms with Gasteiger partial charge in [0.1, 0.15) is 5.92 Å². The van der Waals surface area contributed by atoms with Crippen molar-refractivity contribution < 1.29 is 18.0 Å². The van der Waals surface area contributed by atoms with Crippen molar-refractivity contribution in [3.63, 3.8) is 0 Å². The number of hydrogen-bond donors (Lipinski definition) is 1. The molecule has 1 saturated heterocycles. The largest absolute Gasteiger partial charge is 0.418 e. The number of amides is 1. The summed E-state index contributed by atoms with van der Waals surface area (Å²) in [5.74, 6) is -0.787. The number of anilines is 2. The first-order chi connectivity index (χ1) is 16.3. The number of rotatable bonds is 4. The van der Waals surface area contributed by atoms with Gasteiger partial charge in [0.25, 0.3) is 0 Å². The third-order valence-electron chi connectivity index (χ3n) is 6.47. The van der Waals surface area contributed by atoms with Gasteiger partial charge in [-0.05, 0) is 60.9 Å². The van der Waals surface area contributed by atoms with E-state index in [4.69, 9.17) is 0 Å². The molecule has 2 aliphatic heterocycles. The van der Waals surface area contributed by atoms with Crippen LogP contribution < -0.4 is 10.2 Å². The molecular formula is C26H23F3N4O. The maximum absolute atomic E-state index is 14.0. The molecule has 2 aliphatic rings. The molecule has 2 atom stereocenters. The Morgan fingerprint density at radius 1 is 1.15 bits per heavy atom. The zero-order valence-electron chi connectivity index (χ0n) is 18.5. The maximum atomic E-state index is 14.0. The fraction of sp³-hybridized carbons (Fsp3) is 0.269. The van der Waals surface area contributed by atoms with E-state index in [1.54, 1.807) is 23.2 Å². The minimum Gasteiger partial charge on any atom is -0.370 e. The predicted molar refractivity (Wildman–Crippen MR) is 126 cm³/mol. The van der Waals surface area contributed by atoms with Crippen LogP contribution in [0.15, 0.2) is 65.8 Å². The van der Waals surface area contributed by atoms with E-state index in [2.05, 4.69) is 15.3 Å². The van der Waals surface area contributed by atoms with Crippen molar-refractivity contribution in [3.8, 4) is 0 Å². The number of hydrogen-bond acceptors (Lipinski definition) is 4. The van der Waals surface area contributed by atoms with Crippen molar-refractivity contribution in [2.75, 3.05) is 23.3 Å². The number of carbonyl (C=O) groups is 1. The van der Waals surface area contributed by atoms with Crippen LogP contribution in [0.3, 0.4) is 0 Å². The molecule has 1 N–H and O–H groups in total. The van der Waals surface area contributed by atoms with Crippen LogP contribution in [0.5, 0.6) is 0 Å². The lowest BCUT2D eigenvalue weighted by atomic mass is 9.97. The van der Waals surface area contributed by atoms with Crippen molar-refractivity contribution in [1.29, 1.82) is 0 Å². The SMILES string of the molecule is Cc1cccc2c1C(C=Nc1ccc(N3CCC(c4ccccn4)C3)c(C(F)(F)F)c1)C(=O)N2. The van der Waals surface area contributed by atoms with Gasteiger partial charge in [0.15, 0.2) is 0 Å². The van der Waals surface area contributed by atoms with Crippen LogP contribution in [-0.2, 0) is 11.0 Å². The van der Waals surface area contributed by atoms with Crippen LogP contribution in [-0.4, -0.2) is 30.2 Å². The fourth-order valence-corrected chi connectivity index (χ4v) is 4.79. The second-order valence-electron chi connectivity index (χ2n) is 8.67. The molecule has 34 heavy (non-hydrogen) atoms. The van der Waals surface area contributed by atoms with E-state index in [1.807, 2.05) is 37.3 Å². The normalized spacial score (nSPS) is 20.1. The van der Waals surface area contributed by atoms with Gasteiger partial charge in [-0.3, -0.25) is 14.8 Å². The van der Waals surface area contributed by atoms with Gasteiger partial charge in [0.05, 0.1) is 11.3 Å². The molecule has 0 radical (unpaired) electrons. The average molecular weight is 464 g/mol. The molecule has 174 valence electrons. The fourth-order valence-electron chi connectivity index (χ4n) is 4.79. The number of aryl methyl sites for hydroxylation is 1. The smallest absolute Gasteiger partial charge is 0.370 e. The van der Waals surface area contributed by atoms with Gasteiger partial charge in [0, 0.05) is 48.5 Å². The number of aliphatic imine (C=N–C) groups is 1. The van der Waals surface area contributed by atoms with E-state index < -0.39 is 17.7 Å². The molecule has 0 bridgehead atoms. The number of nitrogens with zero attached hydrogens (tertiary/aromatic N) is 3. The molecule has 2 aromatic carbocycles. The Labute approximate surface area is 195 Å². The monoisotopic (exact) mass is 464 g/mol. The summed E-state index contributed by atoms with van der Waals surface area (Å²) in [5, 5.41) is 2.80. The molecular weight excluding hydrogens is 441 g/mol. The highest BCUT2D eigenvalue weighted by Crippen LogP contribution is 2.42. The number of benzene rings is 2. The van der Waals surface area contributed by atoms with Crippen LogP contribution in [0.4, 0.5) is 30.2 Å². The molecule has 3 heterocycles. The van der Waals surface area contributed by atoms with Gasteiger partial charge in [-0.15, -0.1) is 0 Å². The van der Waals surface area contributed by atoms with E-state index in [9.17, 15) is 18.0 Å². The third-order valence-corrected chi connectivity index (χ3v) is 6.47. The van der Waals surface area contributed by atoms with E-state index in [-0.39, 0.29) is 23.2 Å². The van der Waals surface area contributed by atoms with Gasteiger partial charge in [-0.25, -0.2) is 0 Å². The van der Waals surface area contributed by atoms with E-state index in [1.165, 1.54) is 12.3 Å². The topological polar surface area (TPSA) is 57.6 Å². The Bertz CT molecular complexity index is 1260. The van der Waals surface area contributed by atoms with Crippen LogP contribution in [0.25, 0.3) is 0 Å². The summed E-state index contributed by atoms with van der Waals surface area (Å²) in [6, 6.07) is 15.3. The second kappa shape index (κ2) is 8.59. The highest BCUT2D eigenvalue weighted by atomic mass is 19.4. The van der Waals surface area contributed by atoms with Crippen LogP contribution in [0.1, 0.15) is 40.6 Å². The molecule has 1 fully saturated rings. The van der Waals surface area contributed by atoms with Crippen molar-refractivity contribution in [2.24, 2.45) is 4.99 Å². The van der Waals surface area contributed by atoms with E-state index in [0.29, 0.717) is 18.8 Å². The van der Waals surface area contributed by atoms with Crippen molar-refractivity contribution >= 4 is 29.2 Å². The molecule has 5 rings (SSSR count). The Morgan fingerprint density at radius 2 is 2.00 bits per heavy atom. The Hall–Kier alpha value is -3.68. The zero-order valence-corrected chi connectivity index (χ0v) is 18.5. The number of pyridine rings is 1. The van der Waals surface area contributed by atoms with Crippen LogP contribution >= 0.6 is 0 Å². The highest BCUT2D eigenvalue weighted by molar-refractivity contribution is 6.13. The molecule has 3 aromatic rings. The molecule has 0 spiro atoms. The lowest BCUT2D eigenvalue weighted by Crippen LogP contribution is -2.23. The molecule has 2 unspecified atom stereocenters. The summed E-state index contributed by atoms with van der Waals surface area (Å²) in [7, 11) is 0. The van der Waals surface area contributed by atoms with Gasteiger partial charge in [-0.2, -0.15) is 13.2 Å². The van der Waals surface area contributed by atoms with Gasteiger partial charge in [0.2, 0.25) is 5.91 Å². The number of nitrogens with one attached hydrogen (secondary N) is 1. The first kappa shape index (κ1) is 22.1. The molecule has 1 aromatic heterocycles. The van der Waals surface area contributed by atoms with Crippen molar-refractivity contribution in [3.05, 3.63) is 83.2 Å². The van der Waals surface area contributed by atoms with Crippen molar-refractivity contribution in [2.45, 2.75) is 31.4 Å². The molecule has 0 saturated carbocycles. The van der Waals surface area contributed by atoms with Crippen LogP contribution in [0, 0.1) is 6.92 Å². The first-order valence-corrected chi connectivity index (χ1v) is 11.1. The number of aromatic nitrogens is 1. The third kappa shape index (κ3) is 4.16. The number of fused-ring (bicyclic) bond motifs is 1. The quantitative estimate of drug-likeness (QED) is 0.494. The standard InChI is InChI=1S/C26H23F3N4O/c1-16-5-4-7-22-24(16)19(25(34)32-22)14-31-18-8-9-23(20(13-18)26(27,28)29)33-12-10-17(15-33)21-6-2-3-11-30-21/h2-9,11,13-14,17,19H,10,12,15H2,1H3,(H,32,34). The summed E-state index contributed by atoms with van der Waals surface area (Å²) in [6.07, 6.45) is -0.658. The van der Waals surface area contributed by atoms with Crippen LogP contribution in [0.2, 0.25) is 0 Å². The lowest BCUT2D eigenvalue weighted by molar-refractivity contribution is -0.137. The Kier molecular flexibility index (Phi) is 5.59. The minimum absolute atomic E-state index is 0.0872. The number of halogens is 3. The maximum Gasteiger partial charge on any atom is 0.418 e. The zero-order chi connectivity index (χ0) is 23.9. The molecule has 1 amide bonds. The summed E-state index contributed by atoms with van der Waals surface area (Å²) >= 11 is 0. The predicted octanol–water partition coefficient (Wildman–Crippen LogP) is 5.84. The second-order valence-corrected chi connectivity index (χ2v) is 8.67. The first-order valence-electron chi connectivity index (χ1n) is 11.1. The summed E-state index contributed by atoms with van der Waals surface area (Å²) < 4.78 is 42.0. The lowest BCUT2D eigenvalue weighted by Gasteiger charge is -2.23. The van der Waals surface area contributed by atoms with E-state index >= 15 is 0 Å². The Morgan fingerprint density at radius 3 is 2.76 bits per heavy atom. The molecule has 0 aliphatic carbocycles. The summed E-state index contributed by atoms with van der Waals surface area (Å²) in [6.45, 7) is 2.89. The Balaban J connectivity index is 1.42.